The van der Waals surface area contributed by atoms with Crippen molar-refractivity contribution < 1.29 is 4.79 Å². The number of pyridine rings is 1. The van der Waals surface area contributed by atoms with Crippen molar-refractivity contribution in [2.24, 2.45) is 0 Å². The van der Waals surface area contributed by atoms with E-state index in [1.165, 1.54) is 45.1 Å². The molecular weight excluding hydrogens is 300 g/mol. The highest BCUT2D eigenvalue weighted by molar-refractivity contribution is 5.98. The molecule has 1 atom stereocenters. The van der Waals surface area contributed by atoms with Crippen LogP contribution < -0.4 is 10.2 Å². The van der Waals surface area contributed by atoms with Crippen molar-refractivity contribution in [3.05, 3.63) is 23.9 Å². The van der Waals surface area contributed by atoms with Crippen LogP contribution in [0.4, 0.5) is 5.82 Å². The molecule has 1 aromatic heterocycles. The van der Waals surface area contributed by atoms with E-state index in [-0.39, 0.29) is 5.91 Å². The van der Waals surface area contributed by atoms with Crippen LogP contribution in [0.25, 0.3) is 0 Å². The minimum atomic E-state index is 0.00931. The van der Waals surface area contributed by atoms with Crippen molar-refractivity contribution in [1.82, 2.24) is 15.2 Å². The first kappa shape index (κ1) is 17.2. The molecule has 0 aromatic carbocycles. The normalized spacial score (nSPS) is 21.9. The number of nitrogens with one attached hydrogen (secondary N) is 1. The fourth-order valence-electron chi connectivity index (χ4n) is 3.98. The summed E-state index contributed by atoms with van der Waals surface area (Å²) in [6.45, 7) is 7.10. The van der Waals surface area contributed by atoms with E-state index in [0.29, 0.717) is 18.2 Å². The summed E-state index contributed by atoms with van der Waals surface area (Å²) in [5.74, 6) is 0.854. The van der Waals surface area contributed by atoms with Gasteiger partial charge in [0, 0.05) is 38.4 Å². The zero-order valence-electron chi connectivity index (χ0n) is 14.8. The van der Waals surface area contributed by atoms with Gasteiger partial charge in [0.1, 0.15) is 5.82 Å². The maximum absolute atomic E-state index is 12.6. The highest BCUT2D eigenvalue weighted by Gasteiger charge is 2.22. The molecule has 3 rings (SSSR count). The number of likely N-dealkylation sites (tertiary alicyclic amines) is 1. The van der Waals surface area contributed by atoms with Crippen LogP contribution in [0.2, 0.25) is 0 Å². The Hall–Kier alpha value is -1.62. The Labute approximate surface area is 145 Å². The van der Waals surface area contributed by atoms with Gasteiger partial charge in [0.2, 0.25) is 0 Å². The Bertz CT molecular complexity index is 542. The number of aromatic nitrogens is 1. The van der Waals surface area contributed by atoms with Crippen molar-refractivity contribution in [1.29, 1.82) is 0 Å². The van der Waals surface area contributed by atoms with Crippen LogP contribution in [-0.4, -0.2) is 54.6 Å². The van der Waals surface area contributed by atoms with Crippen molar-refractivity contribution in [2.75, 3.05) is 37.6 Å². The molecule has 0 saturated carbocycles. The molecule has 1 N–H and O–H groups in total. The molecule has 132 valence electrons. The van der Waals surface area contributed by atoms with Crippen LogP contribution >= 0.6 is 0 Å². The van der Waals surface area contributed by atoms with Crippen molar-refractivity contribution in [3.8, 4) is 0 Å². The molecule has 5 nitrogen and oxygen atoms in total. The second kappa shape index (κ2) is 8.47. The Balaban J connectivity index is 1.55. The van der Waals surface area contributed by atoms with Crippen molar-refractivity contribution in [3.63, 3.8) is 0 Å². The predicted molar refractivity (Wildman–Crippen MR) is 97.5 cm³/mol. The first-order valence-electron chi connectivity index (χ1n) is 9.52. The van der Waals surface area contributed by atoms with Gasteiger partial charge in [-0.2, -0.15) is 0 Å². The number of anilines is 1. The lowest BCUT2D eigenvalue weighted by Crippen LogP contribution is -2.43. The van der Waals surface area contributed by atoms with E-state index in [1.807, 2.05) is 12.1 Å². The molecule has 2 fully saturated rings. The first-order chi connectivity index (χ1) is 11.8. The summed E-state index contributed by atoms with van der Waals surface area (Å²) in [5, 5.41) is 3.11. The van der Waals surface area contributed by atoms with Crippen molar-refractivity contribution >= 4 is 11.7 Å². The zero-order valence-corrected chi connectivity index (χ0v) is 14.8. The SMILES string of the molecule is CCC1CCCCN1CCNC(=O)c1cccnc1N1CCCC1. The van der Waals surface area contributed by atoms with E-state index in [9.17, 15) is 4.79 Å². The molecule has 1 unspecified atom stereocenters. The smallest absolute Gasteiger partial charge is 0.255 e. The number of hydrogen-bond acceptors (Lipinski definition) is 4. The summed E-state index contributed by atoms with van der Waals surface area (Å²) in [4.78, 5) is 21.8. The number of rotatable bonds is 6. The Morgan fingerprint density at radius 2 is 2.04 bits per heavy atom. The van der Waals surface area contributed by atoms with Gasteiger partial charge in [0.05, 0.1) is 5.56 Å². The molecule has 1 aromatic rings. The van der Waals surface area contributed by atoms with Crippen LogP contribution in [0.15, 0.2) is 18.3 Å². The number of nitrogens with zero attached hydrogens (tertiary/aromatic N) is 3. The number of amides is 1. The highest BCUT2D eigenvalue weighted by Crippen LogP contribution is 2.22. The lowest BCUT2D eigenvalue weighted by Gasteiger charge is -2.35. The van der Waals surface area contributed by atoms with Crippen LogP contribution in [0.3, 0.4) is 0 Å². The molecule has 0 aliphatic carbocycles. The van der Waals surface area contributed by atoms with E-state index in [0.717, 1.165) is 25.5 Å². The third kappa shape index (κ3) is 4.07. The van der Waals surface area contributed by atoms with Gasteiger partial charge >= 0.3 is 0 Å². The second-order valence-corrected chi connectivity index (χ2v) is 6.92. The topological polar surface area (TPSA) is 48.5 Å². The third-order valence-corrected chi connectivity index (χ3v) is 5.34. The third-order valence-electron chi connectivity index (χ3n) is 5.34. The molecule has 2 aliphatic heterocycles. The van der Waals surface area contributed by atoms with E-state index >= 15 is 0 Å². The molecule has 2 saturated heterocycles. The Morgan fingerprint density at radius 3 is 2.83 bits per heavy atom. The van der Waals surface area contributed by atoms with Gasteiger partial charge in [0.25, 0.3) is 5.91 Å². The van der Waals surface area contributed by atoms with E-state index in [1.54, 1.807) is 6.20 Å². The molecule has 5 heteroatoms. The molecule has 3 heterocycles. The zero-order chi connectivity index (χ0) is 16.8. The molecule has 24 heavy (non-hydrogen) atoms. The van der Waals surface area contributed by atoms with Gasteiger partial charge in [-0.3, -0.25) is 9.69 Å². The monoisotopic (exact) mass is 330 g/mol. The van der Waals surface area contributed by atoms with E-state index in [4.69, 9.17) is 0 Å². The number of carbonyl (C=O) groups is 1. The lowest BCUT2D eigenvalue weighted by molar-refractivity contribution is 0.0934. The average molecular weight is 330 g/mol. The summed E-state index contributed by atoms with van der Waals surface area (Å²) < 4.78 is 0. The number of piperidine rings is 1. The maximum atomic E-state index is 12.6. The first-order valence-corrected chi connectivity index (χ1v) is 9.52. The van der Waals surface area contributed by atoms with Gasteiger partial charge in [-0.25, -0.2) is 4.98 Å². The van der Waals surface area contributed by atoms with Gasteiger partial charge in [-0.1, -0.05) is 13.3 Å². The lowest BCUT2D eigenvalue weighted by atomic mass is 10.0. The van der Waals surface area contributed by atoms with Gasteiger partial charge in [-0.15, -0.1) is 0 Å². The fourth-order valence-corrected chi connectivity index (χ4v) is 3.98. The summed E-state index contributed by atoms with van der Waals surface area (Å²) in [5.41, 5.74) is 0.713. The number of carbonyl (C=O) groups excluding carboxylic acids is 1. The highest BCUT2D eigenvalue weighted by atomic mass is 16.1. The van der Waals surface area contributed by atoms with Crippen LogP contribution in [0.5, 0.6) is 0 Å². The second-order valence-electron chi connectivity index (χ2n) is 6.92. The molecule has 2 aliphatic rings. The Kier molecular flexibility index (Phi) is 6.07. The minimum absolute atomic E-state index is 0.00931. The summed E-state index contributed by atoms with van der Waals surface area (Å²) in [6, 6.07) is 4.44. The van der Waals surface area contributed by atoms with Crippen LogP contribution in [0.1, 0.15) is 55.8 Å². The Morgan fingerprint density at radius 1 is 1.25 bits per heavy atom. The predicted octanol–water partition coefficient (Wildman–Crippen LogP) is 2.68. The van der Waals surface area contributed by atoms with Crippen molar-refractivity contribution in [2.45, 2.75) is 51.5 Å². The van der Waals surface area contributed by atoms with Crippen LogP contribution in [0, 0.1) is 0 Å². The maximum Gasteiger partial charge on any atom is 0.255 e. The van der Waals surface area contributed by atoms with Gasteiger partial charge in [0.15, 0.2) is 0 Å². The van der Waals surface area contributed by atoms with E-state index < -0.39 is 0 Å². The molecule has 0 radical (unpaired) electrons. The summed E-state index contributed by atoms with van der Waals surface area (Å²) in [7, 11) is 0. The quantitative estimate of drug-likeness (QED) is 0.871. The molecular formula is C19H30N4O. The molecule has 0 spiro atoms. The fraction of sp³-hybridized carbons (Fsp3) is 0.684. The standard InChI is InChI=1S/C19H30N4O/c1-2-16-8-3-4-12-22(16)15-11-21-19(24)17-9-7-10-20-18(17)23-13-5-6-14-23/h7,9-10,16H,2-6,8,11-15H2,1H3,(H,21,24). The van der Waals surface area contributed by atoms with Crippen LogP contribution in [-0.2, 0) is 0 Å². The molecule has 0 bridgehead atoms. The minimum Gasteiger partial charge on any atom is -0.356 e. The van der Waals surface area contributed by atoms with E-state index in [2.05, 4.69) is 27.0 Å². The molecule has 1 amide bonds. The van der Waals surface area contributed by atoms with Gasteiger partial charge < -0.3 is 10.2 Å². The average Bonchev–Trinajstić information content (AvgIpc) is 3.16. The summed E-state index contributed by atoms with van der Waals surface area (Å²) in [6.07, 6.45) is 9.28. The van der Waals surface area contributed by atoms with Gasteiger partial charge in [-0.05, 0) is 50.8 Å². The summed E-state index contributed by atoms with van der Waals surface area (Å²) >= 11 is 0. The number of hydrogen-bond donors (Lipinski definition) is 1. The largest absolute Gasteiger partial charge is 0.356 e.